The van der Waals surface area contributed by atoms with E-state index in [0.29, 0.717) is 6.04 Å². The Morgan fingerprint density at radius 3 is 2.75 bits per heavy atom. The first-order valence-electron chi connectivity index (χ1n) is 11.6. The lowest BCUT2D eigenvalue weighted by Crippen LogP contribution is -2.34. The molecule has 0 bridgehead atoms. The molecule has 4 N–H and O–H groups in total. The average molecular weight is 433 g/mol. The van der Waals surface area contributed by atoms with Gasteiger partial charge in [0.15, 0.2) is 0 Å². The molecule has 0 spiro atoms. The largest absolute Gasteiger partial charge is 0.497 e. The Bertz CT molecular complexity index is 1020. The number of hydrogen-bond donors (Lipinski definition) is 3. The maximum atomic E-state index is 6.28. The Kier molecular flexibility index (Phi) is 6.75. The van der Waals surface area contributed by atoms with Gasteiger partial charge < -0.3 is 21.1 Å². The van der Waals surface area contributed by atoms with Crippen molar-refractivity contribution in [2.45, 2.75) is 45.7 Å². The molecule has 0 aliphatic carbocycles. The van der Waals surface area contributed by atoms with Gasteiger partial charge in [-0.3, -0.25) is 4.90 Å². The summed E-state index contributed by atoms with van der Waals surface area (Å²) in [7, 11) is 1.70. The Morgan fingerprint density at radius 1 is 1.22 bits per heavy atom. The van der Waals surface area contributed by atoms with Gasteiger partial charge in [0.1, 0.15) is 5.75 Å². The number of methoxy groups -OCH3 is 1. The summed E-state index contributed by atoms with van der Waals surface area (Å²) in [5.41, 5.74) is 14.5. The van der Waals surface area contributed by atoms with Crippen LogP contribution in [-0.4, -0.2) is 37.7 Å². The number of ether oxygens (including phenoxy) is 1. The van der Waals surface area contributed by atoms with Gasteiger partial charge in [0.2, 0.25) is 0 Å². The summed E-state index contributed by atoms with van der Waals surface area (Å²) in [6, 6.07) is 15.8. The topological polar surface area (TPSA) is 62.6 Å². The van der Waals surface area contributed by atoms with E-state index in [1.807, 2.05) is 19.1 Å². The maximum absolute atomic E-state index is 6.28. The molecule has 0 aromatic heterocycles. The molecule has 32 heavy (non-hydrogen) atoms. The number of allylic oxidation sites excluding steroid dienone is 1. The predicted molar refractivity (Wildman–Crippen MR) is 135 cm³/mol. The van der Waals surface area contributed by atoms with Crippen molar-refractivity contribution in [2.75, 3.05) is 32.1 Å². The van der Waals surface area contributed by atoms with E-state index in [9.17, 15) is 0 Å². The number of benzene rings is 2. The summed E-state index contributed by atoms with van der Waals surface area (Å²) in [6.45, 7) is 9.50. The number of anilines is 1. The third kappa shape index (κ3) is 4.78. The Morgan fingerprint density at radius 2 is 2.06 bits per heavy atom. The third-order valence-corrected chi connectivity index (χ3v) is 6.58. The third-order valence-electron chi connectivity index (χ3n) is 6.58. The van der Waals surface area contributed by atoms with E-state index in [0.717, 1.165) is 55.3 Å². The molecule has 2 aliphatic rings. The molecule has 0 saturated heterocycles. The van der Waals surface area contributed by atoms with Gasteiger partial charge >= 0.3 is 0 Å². The van der Waals surface area contributed by atoms with Gasteiger partial charge in [0, 0.05) is 48.7 Å². The number of fused-ring (bicyclic) bond motifs is 1. The van der Waals surface area contributed by atoms with Crippen LogP contribution in [0, 0.1) is 0 Å². The zero-order chi connectivity index (χ0) is 22.7. The number of nitrogens with zero attached hydrogens (tertiary/aromatic N) is 1. The molecular weight excluding hydrogens is 396 g/mol. The summed E-state index contributed by atoms with van der Waals surface area (Å²) in [5.74, 6) is 0.858. The standard InChI is InChI=1S/C27H36N4O/c1-18(2)31-14-11-20(12-15-31)21-8-9-24-25(16-21)26(10-13-29-27(24)19(3)28)30-22-6-5-7-23(17-22)32-4/h5-9,11,16-18,26,29-30H,10,12-15,28H2,1-4H3/b27-19-. The lowest BCUT2D eigenvalue weighted by atomic mass is 9.90. The molecule has 1 unspecified atom stereocenters. The highest BCUT2D eigenvalue weighted by atomic mass is 16.5. The lowest BCUT2D eigenvalue weighted by molar-refractivity contribution is 0.245. The van der Waals surface area contributed by atoms with E-state index < -0.39 is 0 Å². The number of hydrogen-bond acceptors (Lipinski definition) is 5. The molecule has 4 rings (SSSR count). The van der Waals surface area contributed by atoms with E-state index in [-0.39, 0.29) is 6.04 Å². The molecule has 2 aliphatic heterocycles. The fraction of sp³-hybridized carbons (Fsp3) is 0.407. The van der Waals surface area contributed by atoms with Gasteiger partial charge in [-0.2, -0.15) is 0 Å². The van der Waals surface area contributed by atoms with E-state index in [4.69, 9.17) is 10.5 Å². The van der Waals surface area contributed by atoms with Crippen molar-refractivity contribution >= 4 is 17.0 Å². The summed E-state index contributed by atoms with van der Waals surface area (Å²) in [4.78, 5) is 2.52. The number of nitrogens with one attached hydrogen (secondary N) is 2. The second kappa shape index (κ2) is 9.70. The quantitative estimate of drug-likeness (QED) is 0.622. The summed E-state index contributed by atoms with van der Waals surface area (Å²) in [5, 5.41) is 7.31. The van der Waals surface area contributed by atoms with Crippen LogP contribution in [0.3, 0.4) is 0 Å². The van der Waals surface area contributed by atoms with Crippen LogP contribution < -0.4 is 21.1 Å². The first-order chi connectivity index (χ1) is 15.5. The molecule has 5 nitrogen and oxygen atoms in total. The minimum Gasteiger partial charge on any atom is -0.497 e. The molecule has 2 aromatic rings. The summed E-state index contributed by atoms with van der Waals surface area (Å²) >= 11 is 0. The Labute approximate surface area is 192 Å². The first kappa shape index (κ1) is 22.3. The van der Waals surface area contributed by atoms with Gasteiger partial charge in [-0.1, -0.05) is 24.3 Å². The van der Waals surface area contributed by atoms with Gasteiger partial charge in [-0.15, -0.1) is 0 Å². The molecule has 2 aromatic carbocycles. The number of rotatable bonds is 5. The van der Waals surface area contributed by atoms with Crippen molar-refractivity contribution in [1.82, 2.24) is 10.2 Å². The van der Waals surface area contributed by atoms with Crippen molar-refractivity contribution in [2.24, 2.45) is 5.73 Å². The molecule has 0 amide bonds. The number of nitrogens with two attached hydrogens (primary N) is 1. The zero-order valence-electron chi connectivity index (χ0n) is 19.7. The Balaban J connectivity index is 1.71. The lowest BCUT2D eigenvalue weighted by Gasteiger charge is -2.30. The van der Waals surface area contributed by atoms with E-state index in [1.165, 1.54) is 22.3 Å². The van der Waals surface area contributed by atoms with Crippen molar-refractivity contribution in [1.29, 1.82) is 0 Å². The van der Waals surface area contributed by atoms with Crippen LogP contribution in [0.2, 0.25) is 0 Å². The fourth-order valence-corrected chi connectivity index (χ4v) is 4.70. The normalized spacial score (nSPS) is 20.7. The molecular formula is C27H36N4O. The smallest absolute Gasteiger partial charge is 0.120 e. The van der Waals surface area contributed by atoms with Gasteiger partial charge in [-0.05, 0) is 68.5 Å². The van der Waals surface area contributed by atoms with E-state index in [2.05, 4.69) is 65.8 Å². The minimum atomic E-state index is 0.178. The van der Waals surface area contributed by atoms with Crippen LogP contribution in [-0.2, 0) is 0 Å². The summed E-state index contributed by atoms with van der Waals surface area (Å²) in [6.07, 6.45) is 4.45. The first-order valence-corrected chi connectivity index (χ1v) is 11.6. The average Bonchev–Trinajstić information content (AvgIpc) is 2.98. The predicted octanol–water partition coefficient (Wildman–Crippen LogP) is 4.99. The molecule has 0 saturated carbocycles. The van der Waals surface area contributed by atoms with Crippen molar-refractivity contribution in [3.8, 4) is 5.75 Å². The van der Waals surface area contributed by atoms with Crippen molar-refractivity contribution in [3.63, 3.8) is 0 Å². The van der Waals surface area contributed by atoms with Crippen LogP contribution in [0.4, 0.5) is 5.69 Å². The monoisotopic (exact) mass is 432 g/mol. The molecule has 2 heterocycles. The molecule has 1 atom stereocenters. The van der Waals surface area contributed by atoms with E-state index in [1.54, 1.807) is 7.11 Å². The summed E-state index contributed by atoms with van der Waals surface area (Å²) < 4.78 is 5.42. The highest BCUT2D eigenvalue weighted by Gasteiger charge is 2.24. The zero-order valence-corrected chi connectivity index (χ0v) is 19.7. The van der Waals surface area contributed by atoms with Crippen LogP contribution in [0.15, 0.2) is 54.2 Å². The van der Waals surface area contributed by atoms with Gasteiger partial charge in [0.25, 0.3) is 0 Å². The van der Waals surface area contributed by atoms with Crippen molar-refractivity contribution < 1.29 is 4.74 Å². The van der Waals surface area contributed by atoms with Crippen molar-refractivity contribution in [3.05, 3.63) is 70.9 Å². The Hall–Kier alpha value is -2.92. The highest BCUT2D eigenvalue weighted by molar-refractivity contribution is 5.75. The van der Waals surface area contributed by atoms with Crippen LogP contribution in [0.5, 0.6) is 5.75 Å². The van der Waals surface area contributed by atoms with Crippen LogP contribution in [0.1, 0.15) is 56.3 Å². The van der Waals surface area contributed by atoms with Crippen LogP contribution in [0.25, 0.3) is 11.3 Å². The maximum Gasteiger partial charge on any atom is 0.120 e. The highest BCUT2D eigenvalue weighted by Crippen LogP contribution is 2.35. The van der Waals surface area contributed by atoms with Gasteiger partial charge in [0.05, 0.1) is 18.8 Å². The fourth-order valence-electron chi connectivity index (χ4n) is 4.70. The minimum absolute atomic E-state index is 0.178. The SMILES string of the molecule is COc1cccc(NC2CCN/C(=C(/C)N)c3ccc(C4=CCN(C(C)C)CC4)cc32)c1. The van der Waals surface area contributed by atoms with Crippen LogP contribution >= 0.6 is 0 Å². The second-order valence-corrected chi connectivity index (χ2v) is 9.07. The molecule has 0 radical (unpaired) electrons. The second-order valence-electron chi connectivity index (χ2n) is 9.07. The molecule has 170 valence electrons. The van der Waals surface area contributed by atoms with Gasteiger partial charge in [-0.25, -0.2) is 0 Å². The van der Waals surface area contributed by atoms with E-state index >= 15 is 0 Å². The molecule has 0 fully saturated rings. The molecule has 5 heteroatoms.